The van der Waals surface area contributed by atoms with E-state index in [0.29, 0.717) is 19.4 Å². The second-order valence-electron chi connectivity index (χ2n) is 3.53. The average molecular weight is 188 g/mol. The standard InChI is InChI=1S/C9H20N2O2/c1-3-9(2,5-7-12)11-6-4-8(10)13/h11-12H,3-7H2,1-2H3,(H2,10,13). The number of carbonyl (C=O) groups is 1. The van der Waals surface area contributed by atoms with E-state index in [9.17, 15) is 4.79 Å². The van der Waals surface area contributed by atoms with Gasteiger partial charge in [-0.05, 0) is 19.8 Å². The maximum absolute atomic E-state index is 10.5. The smallest absolute Gasteiger partial charge is 0.218 e. The Morgan fingerprint density at radius 2 is 2.23 bits per heavy atom. The number of aliphatic hydroxyl groups is 1. The van der Waals surface area contributed by atoms with Crippen LogP contribution in [0, 0.1) is 0 Å². The highest BCUT2D eigenvalue weighted by Crippen LogP contribution is 2.13. The molecular formula is C9H20N2O2. The van der Waals surface area contributed by atoms with Crippen molar-refractivity contribution in [3.8, 4) is 0 Å². The van der Waals surface area contributed by atoms with Crippen LogP contribution in [0.3, 0.4) is 0 Å². The van der Waals surface area contributed by atoms with E-state index in [2.05, 4.69) is 5.32 Å². The van der Waals surface area contributed by atoms with E-state index in [1.54, 1.807) is 0 Å². The average Bonchev–Trinajstić information content (AvgIpc) is 2.04. The van der Waals surface area contributed by atoms with Crippen molar-refractivity contribution in [2.45, 2.75) is 38.6 Å². The number of nitrogens with one attached hydrogen (secondary N) is 1. The summed E-state index contributed by atoms with van der Waals surface area (Å²) in [5.74, 6) is -0.296. The molecule has 0 aliphatic heterocycles. The SMILES string of the molecule is CCC(C)(CCO)NCCC(N)=O. The summed E-state index contributed by atoms with van der Waals surface area (Å²) in [5, 5.41) is 12.0. The van der Waals surface area contributed by atoms with E-state index in [1.165, 1.54) is 0 Å². The Morgan fingerprint density at radius 3 is 2.62 bits per heavy atom. The topological polar surface area (TPSA) is 75.3 Å². The minimum atomic E-state index is -0.296. The Kier molecular flexibility index (Phi) is 5.66. The molecule has 1 amide bonds. The summed E-state index contributed by atoms with van der Waals surface area (Å²) in [6, 6.07) is 0. The number of amides is 1. The van der Waals surface area contributed by atoms with Gasteiger partial charge in [-0.25, -0.2) is 0 Å². The van der Waals surface area contributed by atoms with Crippen molar-refractivity contribution in [1.29, 1.82) is 0 Å². The second-order valence-corrected chi connectivity index (χ2v) is 3.53. The minimum Gasteiger partial charge on any atom is -0.396 e. The molecule has 13 heavy (non-hydrogen) atoms. The number of carbonyl (C=O) groups excluding carboxylic acids is 1. The molecule has 78 valence electrons. The summed E-state index contributed by atoms with van der Waals surface area (Å²) in [5.41, 5.74) is 4.93. The molecule has 0 spiro atoms. The number of aliphatic hydroxyl groups excluding tert-OH is 1. The van der Waals surface area contributed by atoms with Crippen molar-refractivity contribution in [2.24, 2.45) is 5.73 Å². The van der Waals surface area contributed by atoms with E-state index in [-0.39, 0.29) is 18.1 Å². The first kappa shape index (κ1) is 12.4. The lowest BCUT2D eigenvalue weighted by molar-refractivity contribution is -0.117. The lowest BCUT2D eigenvalue weighted by Gasteiger charge is -2.28. The molecule has 0 heterocycles. The van der Waals surface area contributed by atoms with Crippen LogP contribution < -0.4 is 11.1 Å². The summed E-state index contributed by atoms with van der Waals surface area (Å²) in [6.45, 7) is 4.82. The van der Waals surface area contributed by atoms with Crippen LogP contribution >= 0.6 is 0 Å². The van der Waals surface area contributed by atoms with Gasteiger partial charge < -0.3 is 16.2 Å². The maximum Gasteiger partial charge on any atom is 0.218 e. The number of hydrogen-bond acceptors (Lipinski definition) is 3. The van der Waals surface area contributed by atoms with E-state index in [4.69, 9.17) is 10.8 Å². The van der Waals surface area contributed by atoms with Gasteiger partial charge in [0.15, 0.2) is 0 Å². The van der Waals surface area contributed by atoms with Crippen molar-refractivity contribution in [3.05, 3.63) is 0 Å². The molecule has 0 fully saturated rings. The minimum absolute atomic E-state index is 0.0792. The van der Waals surface area contributed by atoms with Gasteiger partial charge in [-0.2, -0.15) is 0 Å². The molecule has 0 aromatic heterocycles. The maximum atomic E-state index is 10.5. The first-order chi connectivity index (χ1) is 6.04. The molecule has 4 nitrogen and oxygen atoms in total. The van der Waals surface area contributed by atoms with Gasteiger partial charge in [0.2, 0.25) is 5.91 Å². The molecule has 0 aliphatic carbocycles. The Morgan fingerprint density at radius 1 is 1.62 bits per heavy atom. The van der Waals surface area contributed by atoms with Crippen LogP contribution in [0.1, 0.15) is 33.1 Å². The highest BCUT2D eigenvalue weighted by atomic mass is 16.3. The Balaban J connectivity index is 3.76. The number of nitrogens with two attached hydrogens (primary N) is 1. The molecule has 0 aromatic carbocycles. The summed E-state index contributed by atoms with van der Waals surface area (Å²) >= 11 is 0. The van der Waals surface area contributed by atoms with Gasteiger partial charge >= 0.3 is 0 Å². The molecule has 0 aromatic rings. The summed E-state index contributed by atoms with van der Waals surface area (Å²) < 4.78 is 0. The van der Waals surface area contributed by atoms with Gasteiger partial charge in [0.1, 0.15) is 0 Å². The zero-order chi connectivity index (χ0) is 10.3. The molecule has 0 radical (unpaired) electrons. The van der Waals surface area contributed by atoms with Crippen LogP contribution in [0.2, 0.25) is 0 Å². The molecular weight excluding hydrogens is 168 g/mol. The molecule has 1 unspecified atom stereocenters. The molecule has 1 atom stereocenters. The first-order valence-electron chi connectivity index (χ1n) is 4.68. The van der Waals surface area contributed by atoms with E-state index >= 15 is 0 Å². The first-order valence-corrected chi connectivity index (χ1v) is 4.68. The molecule has 4 N–H and O–H groups in total. The third-order valence-electron chi connectivity index (χ3n) is 2.37. The predicted molar refractivity (Wildman–Crippen MR) is 52.2 cm³/mol. The predicted octanol–water partition coefficient (Wildman–Crippen LogP) is 0.00250. The largest absolute Gasteiger partial charge is 0.396 e. The quantitative estimate of drug-likeness (QED) is 0.526. The Bertz CT molecular complexity index is 162. The second kappa shape index (κ2) is 5.94. The lowest BCUT2D eigenvalue weighted by atomic mass is 9.95. The van der Waals surface area contributed by atoms with Crippen molar-refractivity contribution >= 4 is 5.91 Å². The fourth-order valence-corrected chi connectivity index (χ4v) is 1.12. The number of primary amides is 1. The van der Waals surface area contributed by atoms with Crippen LogP contribution in [0.5, 0.6) is 0 Å². The fraction of sp³-hybridized carbons (Fsp3) is 0.889. The molecule has 0 aliphatic rings. The summed E-state index contributed by atoms with van der Waals surface area (Å²) in [6.07, 6.45) is 1.97. The van der Waals surface area contributed by atoms with Gasteiger partial charge in [0, 0.05) is 25.1 Å². The zero-order valence-corrected chi connectivity index (χ0v) is 8.47. The van der Waals surface area contributed by atoms with Gasteiger partial charge in [-0.15, -0.1) is 0 Å². The van der Waals surface area contributed by atoms with Gasteiger partial charge in [-0.3, -0.25) is 4.79 Å². The van der Waals surface area contributed by atoms with Crippen molar-refractivity contribution in [1.82, 2.24) is 5.32 Å². The lowest BCUT2D eigenvalue weighted by Crippen LogP contribution is -2.43. The van der Waals surface area contributed by atoms with Crippen LogP contribution in [0.25, 0.3) is 0 Å². The van der Waals surface area contributed by atoms with Crippen LogP contribution in [-0.4, -0.2) is 29.7 Å². The van der Waals surface area contributed by atoms with E-state index in [0.717, 1.165) is 6.42 Å². The summed E-state index contributed by atoms with van der Waals surface area (Å²) in [4.78, 5) is 10.5. The van der Waals surface area contributed by atoms with Gasteiger partial charge in [0.05, 0.1) is 0 Å². The third kappa shape index (κ3) is 5.60. The Labute approximate surface area is 79.5 Å². The van der Waals surface area contributed by atoms with E-state index < -0.39 is 0 Å². The Hall–Kier alpha value is -0.610. The highest BCUT2D eigenvalue weighted by Gasteiger charge is 2.19. The summed E-state index contributed by atoms with van der Waals surface area (Å²) in [7, 11) is 0. The van der Waals surface area contributed by atoms with Crippen LogP contribution in [0.15, 0.2) is 0 Å². The molecule has 4 heteroatoms. The van der Waals surface area contributed by atoms with Crippen LogP contribution in [-0.2, 0) is 4.79 Å². The van der Waals surface area contributed by atoms with Crippen molar-refractivity contribution in [3.63, 3.8) is 0 Å². The number of rotatable bonds is 7. The zero-order valence-electron chi connectivity index (χ0n) is 8.47. The normalized spacial score (nSPS) is 15.3. The molecule has 0 bridgehead atoms. The molecule has 0 rings (SSSR count). The highest BCUT2D eigenvalue weighted by molar-refractivity contribution is 5.73. The van der Waals surface area contributed by atoms with Gasteiger partial charge in [0.25, 0.3) is 0 Å². The van der Waals surface area contributed by atoms with E-state index in [1.807, 2.05) is 13.8 Å². The third-order valence-corrected chi connectivity index (χ3v) is 2.37. The van der Waals surface area contributed by atoms with Crippen LogP contribution in [0.4, 0.5) is 0 Å². The van der Waals surface area contributed by atoms with Crippen molar-refractivity contribution < 1.29 is 9.90 Å². The molecule has 0 saturated heterocycles. The van der Waals surface area contributed by atoms with Gasteiger partial charge in [-0.1, -0.05) is 6.92 Å². The molecule has 0 saturated carbocycles. The fourth-order valence-electron chi connectivity index (χ4n) is 1.12. The monoisotopic (exact) mass is 188 g/mol. The van der Waals surface area contributed by atoms with Crippen molar-refractivity contribution in [2.75, 3.05) is 13.2 Å². The number of hydrogen-bond donors (Lipinski definition) is 3.